The first-order chi connectivity index (χ1) is 32.3. The van der Waals surface area contributed by atoms with Crippen LogP contribution in [0.2, 0.25) is 0 Å². The van der Waals surface area contributed by atoms with Gasteiger partial charge >= 0.3 is 17.9 Å². The molecule has 0 aromatic heterocycles. The maximum absolute atomic E-state index is 12.8. The Hall–Kier alpha value is -1.59. The summed E-state index contributed by atoms with van der Waals surface area (Å²) in [6, 6.07) is 0. The highest BCUT2D eigenvalue weighted by atomic mass is 16.6. The van der Waals surface area contributed by atoms with Crippen LogP contribution in [0.3, 0.4) is 0 Å². The Bertz CT molecular complexity index is 1010. The molecule has 0 amide bonds. The number of esters is 3. The van der Waals surface area contributed by atoms with Gasteiger partial charge in [-0.25, -0.2) is 0 Å². The van der Waals surface area contributed by atoms with E-state index in [1.54, 1.807) is 0 Å². The van der Waals surface area contributed by atoms with Crippen molar-refractivity contribution in [3.8, 4) is 0 Å². The minimum absolute atomic E-state index is 0.0629. The SMILES string of the molecule is CCCCCCCCCC(=O)OC[C@H](COC(=O)CCCCCCCCCCCCCCCCCCC(C)C)OC(=O)CCCCCCCCCCCCCCCCCCCCC(C)CC. The van der Waals surface area contributed by atoms with Gasteiger partial charge in [0.15, 0.2) is 6.10 Å². The van der Waals surface area contributed by atoms with Crippen LogP contribution in [0.1, 0.15) is 336 Å². The number of carbonyl (C=O) groups is 3. The minimum atomic E-state index is -0.761. The van der Waals surface area contributed by atoms with Gasteiger partial charge in [-0.05, 0) is 31.1 Å². The quantitative estimate of drug-likeness (QED) is 0.0343. The smallest absolute Gasteiger partial charge is 0.306 e. The second-order valence-electron chi connectivity index (χ2n) is 21.4. The van der Waals surface area contributed by atoms with Crippen LogP contribution in [0, 0.1) is 11.8 Å². The Morgan fingerprint density at radius 1 is 0.318 bits per heavy atom. The predicted octanol–water partition coefficient (Wildman–Crippen LogP) is 19.7. The molecule has 0 fully saturated rings. The molecule has 0 radical (unpaired) electrons. The molecule has 0 aromatic carbocycles. The summed E-state index contributed by atoms with van der Waals surface area (Å²) in [4.78, 5) is 38.0. The minimum Gasteiger partial charge on any atom is -0.462 e. The number of hydrogen-bond acceptors (Lipinski definition) is 6. The van der Waals surface area contributed by atoms with Gasteiger partial charge in [-0.15, -0.1) is 0 Å². The standard InChI is InChI=1S/C60H116O6/c1-6-8-9-10-33-40-45-50-58(61)64-53-57(54-65-59(62)51-46-41-36-31-27-23-19-16-15-17-21-25-29-34-38-43-48-55(3)4)66-60(63)52-47-42-37-32-28-24-20-14-12-11-13-18-22-26-30-35-39-44-49-56(5)7-2/h55-57H,6-54H2,1-5H3/t56?,57-/m1/s1. The monoisotopic (exact) mass is 933 g/mol. The number of carbonyl (C=O) groups excluding carboxylic acids is 3. The zero-order chi connectivity index (χ0) is 48.2. The van der Waals surface area contributed by atoms with E-state index in [4.69, 9.17) is 14.2 Å². The molecule has 0 aromatic rings. The van der Waals surface area contributed by atoms with Crippen LogP contribution in [0.15, 0.2) is 0 Å². The number of ether oxygens (including phenoxy) is 3. The molecule has 6 heteroatoms. The lowest BCUT2D eigenvalue weighted by Crippen LogP contribution is -2.30. The molecule has 0 aliphatic heterocycles. The van der Waals surface area contributed by atoms with Gasteiger partial charge in [-0.1, -0.05) is 298 Å². The van der Waals surface area contributed by atoms with Crippen LogP contribution in [0.4, 0.5) is 0 Å². The van der Waals surface area contributed by atoms with E-state index in [1.165, 1.54) is 225 Å². The highest BCUT2D eigenvalue weighted by Gasteiger charge is 2.19. The van der Waals surface area contributed by atoms with Crippen molar-refractivity contribution in [1.29, 1.82) is 0 Å². The van der Waals surface area contributed by atoms with Gasteiger partial charge in [0.1, 0.15) is 13.2 Å². The summed E-state index contributed by atoms with van der Waals surface area (Å²) in [6.45, 7) is 11.4. The molecule has 0 saturated carbocycles. The Labute approximate surface area is 412 Å². The van der Waals surface area contributed by atoms with Gasteiger partial charge in [-0.2, -0.15) is 0 Å². The van der Waals surface area contributed by atoms with Crippen molar-refractivity contribution < 1.29 is 28.6 Å². The third-order valence-corrected chi connectivity index (χ3v) is 14.1. The number of hydrogen-bond donors (Lipinski definition) is 0. The fraction of sp³-hybridized carbons (Fsp3) is 0.950. The second-order valence-corrected chi connectivity index (χ2v) is 21.4. The third-order valence-electron chi connectivity index (χ3n) is 14.1. The van der Waals surface area contributed by atoms with Crippen LogP contribution in [0.25, 0.3) is 0 Å². The summed E-state index contributed by atoms with van der Waals surface area (Å²) in [5.41, 5.74) is 0. The lowest BCUT2D eigenvalue weighted by Gasteiger charge is -2.18. The average Bonchev–Trinajstić information content (AvgIpc) is 3.30. The zero-order valence-electron chi connectivity index (χ0n) is 45.3. The fourth-order valence-corrected chi connectivity index (χ4v) is 9.20. The lowest BCUT2D eigenvalue weighted by molar-refractivity contribution is -0.167. The molecule has 0 aliphatic rings. The van der Waals surface area contributed by atoms with Gasteiger partial charge < -0.3 is 14.2 Å². The van der Waals surface area contributed by atoms with E-state index in [9.17, 15) is 14.4 Å². The lowest BCUT2D eigenvalue weighted by atomic mass is 9.99. The fourth-order valence-electron chi connectivity index (χ4n) is 9.20. The first kappa shape index (κ1) is 64.4. The zero-order valence-corrected chi connectivity index (χ0v) is 45.3. The third kappa shape index (κ3) is 51.8. The van der Waals surface area contributed by atoms with E-state index in [0.29, 0.717) is 19.3 Å². The number of unbranched alkanes of at least 4 members (excludes halogenated alkanes) is 38. The second kappa shape index (κ2) is 52.8. The van der Waals surface area contributed by atoms with Crippen molar-refractivity contribution in [2.75, 3.05) is 13.2 Å². The van der Waals surface area contributed by atoms with E-state index in [0.717, 1.165) is 69.6 Å². The van der Waals surface area contributed by atoms with E-state index in [2.05, 4.69) is 34.6 Å². The Morgan fingerprint density at radius 3 is 0.864 bits per heavy atom. The molecule has 2 atom stereocenters. The van der Waals surface area contributed by atoms with Crippen LogP contribution < -0.4 is 0 Å². The highest BCUT2D eigenvalue weighted by Crippen LogP contribution is 2.19. The molecule has 0 saturated heterocycles. The highest BCUT2D eigenvalue weighted by molar-refractivity contribution is 5.71. The van der Waals surface area contributed by atoms with Crippen LogP contribution in [-0.2, 0) is 28.6 Å². The van der Waals surface area contributed by atoms with E-state index < -0.39 is 6.10 Å². The van der Waals surface area contributed by atoms with Crippen LogP contribution in [0.5, 0.6) is 0 Å². The van der Waals surface area contributed by atoms with Crippen molar-refractivity contribution >= 4 is 17.9 Å². The maximum atomic E-state index is 12.8. The van der Waals surface area contributed by atoms with E-state index >= 15 is 0 Å². The van der Waals surface area contributed by atoms with Crippen molar-refractivity contribution in [1.82, 2.24) is 0 Å². The molecule has 392 valence electrons. The van der Waals surface area contributed by atoms with Crippen molar-refractivity contribution in [2.45, 2.75) is 343 Å². The Morgan fingerprint density at radius 2 is 0.576 bits per heavy atom. The first-order valence-corrected chi connectivity index (χ1v) is 29.8. The molecular weight excluding hydrogens is 817 g/mol. The van der Waals surface area contributed by atoms with Gasteiger partial charge in [0, 0.05) is 19.3 Å². The molecule has 66 heavy (non-hydrogen) atoms. The van der Waals surface area contributed by atoms with Gasteiger partial charge in [-0.3, -0.25) is 14.4 Å². The maximum Gasteiger partial charge on any atom is 0.306 e. The van der Waals surface area contributed by atoms with E-state index in [-0.39, 0.29) is 31.1 Å². The summed E-state index contributed by atoms with van der Waals surface area (Å²) >= 11 is 0. The van der Waals surface area contributed by atoms with Crippen molar-refractivity contribution in [3.05, 3.63) is 0 Å². The van der Waals surface area contributed by atoms with Gasteiger partial charge in [0.05, 0.1) is 0 Å². The molecular formula is C60H116O6. The molecule has 1 unspecified atom stereocenters. The van der Waals surface area contributed by atoms with Crippen molar-refractivity contribution in [2.24, 2.45) is 11.8 Å². The number of rotatable bonds is 54. The predicted molar refractivity (Wildman–Crippen MR) is 284 cm³/mol. The Balaban J connectivity index is 4.11. The average molecular weight is 934 g/mol. The molecule has 0 spiro atoms. The van der Waals surface area contributed by atoms with Gasteiger partial charge in [0.25, 0.3) is 0 Å². The molecule has 6 nitrogen and oxygen atoms in total. The largest absolute Gasteiger partial charge is 0.462 e. The summed E-state index contributed by atoms with van der Waals surface area (Å²) in [6.07, 6.45) is 56.8. The Kier molecular flexibility index (Phi) is 51.5. The topological polar surface area (TPSA) is 78.9 Å². The molecule has 0 N–H and O–H groups in total. The molecule has 0 heterocycles. The van der Waals surface area contributed by atoms with Gasteiger partial charge in [0.2, 0.25) is 0 Å². The molecule has 0 aliphatic carbocycles. The summed E-state index contributed by atoms with van der Waals surface area (Å²) in [5.74, 6) is 0.917. The first-order valence-electron chi connectivity index (χ1n) is 29.8. The summed E-state index contributed by atoms with van der Waals surface area (Å²) < 4.78 is 16.8. The van der Waals surface area contributed by atoms with E-state index in [1.807, 2.05) is 0 Å². The van der Waals surface area contributed by atoms with Crippen LogP contribution >= 0.6 is 0 Å². The summed E-state index contributed by atoms with van der Waals surface area (Å²) in [5, 5.41) is 0. The molecule has 0 bridgehead atoms. The summed E-state index contributed by atoms with van der Waals surface area (Å²) in [7, 11) is 0. The molecule has 0 rings (SSSR count). The van der Waals surface area contributed by atoms with Crippen molar-refractivity contribution in [3.63, 3.8) is 0 Å². The van der Waals surface area contributed by atoms with Crippen LogP contribution in [-0.4, -0.2) is 37.2 Å². The normalized spacial score (nSPS) is 12.5.